The van der Waals surface area contributed by atoms with Crippen LogP contribution in [0.25, 0.3) is 22.0 Å². The van der Waals surface area contributed by atoms with Crippen molar-refractivity contribution in [1.82, 2.24) is 15.3 Å². The van der Waals surface area contributed by atoms with Crippen molar-refractivity contribution >= 4 is 22.6 Å². The van der Waals surface area contributed by atoms with Gasteiger partial charge >= 0.3 is 0 Å². The molecular formula is C17H16N4O. The highest BCUT2D eigenvalue weighted by Crippen LogP contribution is 2.25. The molecule has 3 aromatic rings. The summed E-state index contributed by atoms with van der Waals surface area (Å²) in [6.45, 7) is 2.05. The standard InChI is InChI=1S/C17H16N4O/c1-11(22)19-9-12-2-4-13(5-3-12)14-6-7-16-15(8-14)17(18)21-10-20-16/h2-8,10H,9H2,1H3,(H,19,22)(H2,18,20,21). The minimum Gasteiger partial charge on any atom is -0.383 e. The number of nitrogens with one attached hydrogen (secondary N) is 1. The number of carbonyl (C=O) groups is 1. The lowest BCUT2D eigenvalue weighted by Gasteiger charge is -2.07. The number of anilines is 1. The van der Waals surface area contributed by atoms with Gasteiger partial charge in [-0.05, 0) is 28.8 Å². The molecular weight excluding hydrogens is 276 g/mol. The van der Waals surface area contributed by atoms with Gasteiger partial charge in [-0.25, -0.2) is 9.97 Å². The first-order chi connectivity index (χ1) is 10.6. The van der Waals surface area contributed by atoms with Gasteiger partial charge in [0.1, 0.15) is 12.1 Å². The number of nitrogens with zero attached hydrogens (tertiary/aromatic N) is 2. The zero-order chi connectivity index (χ0) is 15.5. The van der Waals surface area contributed by atoms with Crippen LogP contribution in [0.15, 0.2) is 48.8 Å². The molecule has 1 aromatic heterocycles. The minimum atomic E-state index is -0.0333. The van der Waals surface area contributed by atoms with Crippen LogP contribution in [-0.4, -0.2) is 15.9 Å². The van der Waals surface area contributed by atoms with Gasteiger partial charge in [0.05, 0.1) is 5.52 Å². The highest BCUT2D eigenvalue weighted by atomic mass is 16.1. The Morgan fingerprint density at radius 2 is 1.82 bits per heavy atom. The molecule has 0 aliphatic rings. The van der Waals surface area contributed by atoms with E-state index < -0.39 is 0 Å². The fourth-order valence-electron chi connectivity index (χ4n) is 2.30. The zero-order valence-corrected chi connectivity index (χ0v) is 12.2. The number of amides is 1. The van der Waals surface area contributed by atoms with Crippen molar-refractivity contribution in [2.24, 2.45) is 0 Å². The summed E-state index contributed by atoms with van der Waals surface area (Å²) in [6, 6.07) is 14.0. The Balaban J connectivity index is 1.90. The summed E-state index contributed by atoms with van der Waals surface area (Å²) < 4.78 is 0. The molecule has 1 heterocycles. The van der Waals surface area contributed by atoms with Crippen LogP contribution in [0.3, 0.4) is 0 Å². The number of carbonyl (C=O) groups excluding carboxylic acids is 1. The van der Waals surface area contributed by atoms with Crippen LogP contribution >= 0.6 is 0 Å². The molecule has 3 N–H and O–H groups in total. The molecule has 0 saturated carbocycles. The van der Waals surface area contributed by atoms with Gasteiger partial charge in [-0.15, -0.1) is 0 Å². The fraction of sp³-hybridized carbons (Fsp3) is 0.118. The van der Waals surface area contributed by atoms with Gasteiger partial charge in [0.15, 0.2) is 0 Å². The van der Waals surface area contributed by atoms with Crippen molar-refractivity contribution < 1.29 is 4.79 Å². The summed E-state index contributed by atoms with van der Waals surface area (Å²) in [5.74, 6) is 0.447. The Kier molecular flexibility index (Phi) is 3.70. The number of aromatic nitrogens is 2. The van der Waals surface area contributed by atoms with E-state index in [1.807, 2.05) is 42.5 Å². The lowest BCUT2D eigenvalue weighted by Crippen LogP contribution is -2.18. The van der Waals surface area contributed by atoms with Crippen LogP contribution in [0.2, 0.25) is 0 Å². The van der Waals surface area contributed by atoms with Crippen LogP contribution in [0.1, 0.15) is 12.5 Å². The molecule has 0 bridgehead atoms. The molecule has 0 saturated heterocycles. The van der Waals surface area contributed by atoms with Crippen LogP contribution in [0.4, 0.5) is 5.82 Å². The average Bonchev–Trinajstić information content (AvgIpc) is 2.53. The van der Waals surface area contributed by atoms with Gasteiger partial charge in [-0.1, -0.05) is 30.3 Å². The van der Waals surface area contributed by atoms with E-state index in [1.54, 1.807) is 0 Å². The Morgan fingerprint density at radius 3 is 2.55 bits per heavy atom. The monoisotopic (exact) mass is 292 g/mol. The molecule has 0 aliphatic carbocycles. The van der Waals surface area contributed by atoms with Crippen molar-refractivity contribution in [2.45, 2.75) is 13.5 Å². The van der Waals surface area contributed by atoms with E-state index >= 15 is 0 Å². The Morgan fingerprint density at radius 1 is 1.09 bits per heavy atom. The molecule has 5 nitrogen and oxygen atoms in total. The van der Waals surface area contributed by atoms with Gasteiger partial charge in [-0.2, -0.15) is 0 Å². The topological polar surface area (TPSA) is 80.9 Å². The van der Waals surface area contributed by atoms with E-state index in [0.717, 1.165) is 27.6 Å². The highest BCUT2D eigenvalue weighted by molar-refractivity contribution is 5.91. The van der Waals surface area contributed by atoms with Crippen molar-refractivity contribution in [3.8, 4) is 11.1 Å². The summed E-state index contributed by atoms with van der Waals surface area (Å²) in [5, 5.41) is 3.63. The predicted molar refractivity (Wildman–Crippen MR) is 86.9 cm³/mol. The van der Waals surface area contributed by atoms with Crippen LogP contribution in [-0.2, 0) is 11.3 Å². The number of nitrogen functional groups attached to an aromatic ring is 1. The smallest absolute Gasteiger partial charge is 0.217 e. The number of hydrogen-bond acceptors (Lipinski definition) is 4. The van der Waals surface area contributed by atoms with Gasteiger partial charge in [0, 0.05) is 18.9 Å². The maximum atomic E-state index is 10.9. The first kappa shape index (κ1) is 14.0. The van der Waals surface area contributed by atoms with E-state index in [1.165, 1.54) is 13.3 Å². The van der Waals surface area contributed by atoms with Crippen LogP contribution in [0.5, 0.6) is 0 Å². The van der Waals surface area contributed by atoms with E-state index in [-0.39, 0.29) is 5.91 Å². The second-order valence-corrected chi connectivity index (χ2v) is 5.10. The van der Waals surface area contributed by atoms with Gasteiger partial charge in [-0.3, -0.25) is 4.79 Å². The molecule has 0 atom stereocenters. The number of rotatable bonds is 3. The Labute approximate surface area is 128 Å². The largest absolute Gasteiger partial charge is 0.383 e. The SMILES string of the molecule is CC(=O)NCc1ccc(-c2ccc3ncnc(N)c3c2)cc1. The molecule has 5 heteroatoms. The molecule has 2 aromatic carbocycles. The lowest BCUT2D eigenvalue weighted by atomic mass is 10.0. The molecule has 0 radical (unpaired) electrons. The molecule has 0 aliphatic heterocycles. The molecule has 0 spiro atoms. The van der Waals surface area contributed by atoms with Crippen LogP contribution < -0.4 is 11.1 Å². The third-order valence-electron chi connectivity index (χ3n) is 3.49. The third kappa shape index (κ3) is 2.88. The second-order valence-electron chi connectivity index (χ2n) is 5.10. The number of hydrogen-bond donors (Lipinski definition) is 2. The minimum absolute atomic E-state index is 0.0333. The average molecular weight is 292 g/mol. The summed E-state index contributed by atoms with van der Waals surface area (Å²) in [7, 11) is 0. The Bertz CT molecular complexity index is 828. The third-order valence-corrected chi connectivity index (χ3v) is 3.49. The first-order valence-corrected chi connectivity index (χ1v) is 6.97. The molecule has 22 heavy (non-hydrogen) atoms. The molecule has 110 valence electrons. The number of benzene rings is 2. The van der Waals surface area contributed by atoms with Crippen LogP contribution in [0, 0.1) is 0 Å². The number of nitrogens with two attached hydrogens (primary N) is 1. The van der Waals surface area contributed by atoms with Gasteiger partial charge < -0.3 is 11.1 Å². The van der Waals surface area contributed by atoms with Crippen molar-refractivity contribution in [1.29, 1.82) is 0 Å². The van der Waals surface area contributed by atoms with E-state index in [0.29, 0.717) is 12.4 Å². The normalized spacial score (nSPS) is 10.6. The van der Waals surface area contributed by atoms with Crippen molar-refractivity contribution in [3.05, 3.63) is 54.4 Å². The van der Waals surface area contributed by atoms with Gasteiger partial charge in [0.2, 0.25) is 5.91 Å². The molecule has 1 amide bonds. The van der Waals surface area contributed by atoms with Crippen molar-refractivity contribution in [3.63, 3.8) is 0 Å². The second kappa shape index (κ2) is 5.81. The van der Waals surface area contributed by atoms with E-state index in [9.17, 15) is 4.79 Å². The Hall–Kier alpha value is -2.95. The van der Waals surface area contributed by atoms with E-state index in [4.69, 9.17) is 5.73 Å². The first-order valence-electron chi connectivity index (χ1n) is 6.97. The zero-order valence-electron chi connectivity index (χ0n) is 12.2. The summed E-state index contributed by atoms with van der Waals surface area (Å²) >= 11 is 0. The predicted octanol–water partition coefficient (Wildman–Crippen LogP) is 2.52. The maximum absolute atomic E-state index is 10.9. The lowest BCUT2D eigenvalue weighted by molar-refractivity contribution is -0.119. The summed E-state index contributed by atoms with van der Waals surface area (Å²) in [6.07, 6.45) is 1.47. The highest BCUT2D eigenvalue weighted by Gasteiger charge is 2.04. The van der Waals surface area contributed by atoms with Crippen molar-refractivity contribution in [2.75, 3.05) is 5.73 Å². The fourth-order valence-corrected chi connectivity index (χ4v) is 2.30. The molecule has 0 fully saturated rings. The molecule has 3 rings (SSSR count). The molecule has 0 unspecified atom stereocenters. The summed E-state index contributed by atoms with van der Waals surface area (Å²) in [5.41, 5.74) is 9.93. The van der Waals surface area contributed by atoms with E-state index in [2.05, 4.69) is 15.3 Å². The summed E-state index contributed by atoms with van der Waals surface area (Å²) in [4.78, 5) is 19.2. The number of fused-ring (bicyclic) bond motifs is 1. The quantitative estimate of drug-likeness (QED) is 0.777. The van der Waals surface area contributed by atoms with Gasteiger partial charge in [0.25, 0.3) is 0 Å². The maximum Gasteiger partial charge on any atom is 0.217 e.